The van der Waals surface area contributed by atoms with Crippen molar-refractivity contribution in [2.24, 2.45) is 0 Å². The van der Waals surface area contributed by atoms with Gasteiger partial charge in [-0.15, -0.1) is 0 Å². The van der Waals surface area contributed by atoms with Crippen LogP contribution in [0.5, 0.6) is 11.5 Å². The Labute approximate surface area is 262 Å². The second-order valence-electron chi connectivity index (χ2n) is 10.1. The Bertz CT molecular complexity index is 1850. The number of benzene rings is 6. The summed E-state index contributed by atoms with van der Waals surface area (Å²) < 4.78 is 67.7. The number of sulfone groups is 1. The van der Waals surface area contributed by atoms with Crippen LogP contribution in [-0.2, 0) is 19.0 Å². The van der Waals surface area contributed by atoms with Crippen LogP contribution < -0.4 is 30.3 Å². The Morgan fingerprint density at radius 2 is 0.600 bits per heavy atom. The summed E-state index contributed by atoms with van der Waals surface area (Å²) in [5.41, 5.74) is 0. The van der Waals surface area contributed by atoms with Gasteiger partial charge in [-0.1, -0.05) is 72.8 Å². The summed E-state index contributed by atoms with van der Waals surface area (Å²) >= 11 is 0. The van der Waals surface area contributed by atoms with E-state index in [1.807, 2.05) is 24.3 Å². The second kappa shape index (κ2) is 12.7. The van der Waals surface area contributed by atoms with Crippen LogP contribution in [-0.4, -0.2) is 8.42 Å². The summed E-state index contributed by atoms with van der Waals surface area (Å²) in [5, 5.41) is 2.11. The molecule has 9 heteroatoms. The average molecular weight is 651 g/mol. The monoisotopic (exact) mass is 650 g/mol. The topological polar surface area (TPSA) is 86.7 Å². The Balaban J connectivity index is 1.25. The molecule has 0 aliphatic rings. The zero-order chi connectivity index (χ0) is 31.3. The van der Waals surface area contributed by atoms with E-state index in [1.54, 1.807) is 97.1 Å². The molecule has 0 atom stereocenters. The van der Waals surface area contributed by atoms with E-state index in [9.17, 15) is 17.5 Å². The van der Waals surface area contributed by atoms with Gasteiger partial charge in [-0.2, -0.15) is 0 Å². The SMILES string of the molecule is O=P(Oc1ccc(S(=O)(=O)c2ccc(OP(=O)(c3ccccc3)c3ccccc3)cc2)cc1)(c1ccccc1)c1ccccc1. The van der Waals surface area contributed by atoms with Crippen molar-refractivity contribution in [1.29, 1.82) is 0 Å². The maximum Gasteiger partial charge on any atom is 0.306 e. The average Bonchev–Trinajstić information content (AvgIpc) is 3.10. The maximum atomic E-state index is 14.2. The van der Waals surface area contributed by atoms with Gasteiger partial charge in [0.25, 0.3) is 0 Å². The maximum absolute atomic E-state index is 14.2. The first kappa shape index (κ1) is 30.4. The quantitative estimate of drug-likeness (QED) is 0.147. The third-order valence-corrected chi connectivity index (χ3v) is 13.8. The van der Waals surface area contributed by atoms with Crippen molar-refractivity contribution in [3.8, 4) is 11.5 Å². The fraction of sp³-hybridized carbons (Fsp3) is 0. The largest absolute Gasteiger partial charge is 0.437 e. The molecule has 0 radical (unpaired) electrons. The van der Waals surface area contributed by atoms with Crippen LogP contribution in [0.25, 0.3) is 0 Å². The van der Waals surface area contributed by atoms with Crippen molar-refractivity contribution in [2.75, 3.05) is 0 Å². The lowest BCUT2D eigenvalue weighted by atomic mass is 10.3. The lowest BCUT2D eigenvalue weighted by Crippen LogP contribution is -2.20. The van der Waals surface area contributed by atoms with Crippen LogP contribution in [0, 0.1) is 0 Å². The molecule has 0 aliphatic heterocycles. The number of rotatable bonds is 10. The Kier molecular flexibility index (Phi) is 8.60. The van der Waals surface area contributed by atoms with Crippen LogP contribution >= 0.6 is 14.7 Å². The van der Waals surface area contributed by atoms with Gasteiger partial charge < -0.3 is 9.05 Å². The van der Waals surface area contributed by atoms with E-state index in [4.69, 9.17) is 9.05 Å². The van der Waals surface area contributed by atoms with Gasteiger partial charge in [0.2, 0.25) is 9.84 Å². The molecule has 6 aromatic rings. The highest BCUT2D eigenvalue weighted by molar-refractivity contribution is 7.91. The van der Waals surface area contributed by atoms with Crippen LogP contribution in [0.4, 0.5) is 0 Å². The molecule has 0 saturated heterocycles. The first-order valence-electron chi connectivity index (χ1n) is 14.1. The summed E-state index contributed by atoms with van der Waals surface area (Å²) in [5.74, 6) is 0.539. The van der Waals surface area contributed by atoms with Gasteiger partial charge in [0.15, 0.2) is 0 Å². The first-order chi connectivity index (χ1) is 21.8. The highest BCUT2D eigenvalue weighted by Crippen LogP contribution is 2.46. The Morgan fingerprint density at radius 1 is 0.356 bits per heavy atom. The van der Waals surface area contributed by atoms with Crippen molar-refractivity contribution >= 4 is 45.8 Å². The molecule has 224 valence electrons. The molecule has 6 nitrogen and oxygen atoms in total. The summed E-state index contributed by atoms with van der Waals surface area (Å²) in [6.07, 6.45) is 0. The highest BCUT2D eigenvalue weighted by atomic mass is 32.2. The fourth-order valence-electron chi connectivity index (χ4n) is 4.80. The number of hydrogen-bond donors (Lipinski definition) is 0. The van der Waals surface area contributed by atoms with E-state index in [-0.39, 0.29) is 21.3 Å². The Hall–Kier alpha value is -4.67. The predicted octanol–water partition coefficient (Wildman–Crippen LogP) is 7.14. The molecule has 6 aromatic carbocycles. The highest BCUT2D eigenvalue weighted by Gasteiger charge is 2.31. The normalized spacial score (nSPS) is 11.9. The van der Waals surface area contributed by atoms with Crippen molar-refractivity contribution in [3.63, 3.8) is 0 Å². The van der Waals surface area contributed by atoms with Gasteiger partial charge in [0, 0.05) is 0 Å². The zero-order valence-corrected chi connectivity index (χ0v) is 26.5. The minimum Gasteiger partial charge on any atom is -0.437 e. The van der Waals surface area contributed by atoms with E-state index in [1.165, 1.54) is 48.5 Å². The minimum absolute atomic E-state index is 0.0389. The van der Waals surface area contributed by atoms with Gasteiger partial charge in [-0.3, -0.25) is 9.13 Å². The Morgan fingerprint density at radius 3 is 0.844 bits per heavy atom. The second-order valence-corrected chi connectivity index (χ2v) is 16.7. The van der Waals surface area contributed by atoms with Crippen LogP contribution in [0.1, 0.15) is 0 Å². The summed E-state index contributed by atoms with van der Waals surface area (Å²) in [6.45, 7) is 0. The third kappa shape index (κ3) is 6.29. The van der Waals surface area contributed by atoms with Crippen LogP contribution in [0.3, 0.4) is 0 Å². The van der Waals surface area contributed by atoms with E-state index in [0.29, 0.717) is 21.2 Å². The zero-order valence-electron chi connectivity index (χ0n) is 23.9. The van der Waals surface area contributed by atoms with Gasteiger partial charge in [-0.05, 0) is 97.1 Å². The molecule has 0 aliphatic carbocycles. The van der Waals surface area contributed by atoms with Crippen molar-refractivity contribution in [1.82, 2.24) is 0 Å². The summed E-state index contributed by atoms with van der Waals surface area (Å²) in [7, 11) is -10.9. The van der Waals surface area contributed by atoms with Crippen molar-refractivity contribution in [3.05, 3.63) is 170 Å². The van der Waals surface area contributed by atoms with Gasteiger partial charge in [-0.25, -0.2) is 8.42 Å². The van der Waals surface area contributed by atoms with Gasteiger partial charge in [0.1, 0.15) is 11.5 Å². The minimum atomic E-state index is -3.92. The van der Waals surface area contributed by atoms with E-state index in [2.05, 4.69) is 0 Å². The molecule has 0 heterocycles. The molecular formula is C36H28O6P2S. The van der Waals surface area contributed by atoms with E-state index >= 15 is 0 Å². The smallest absolute Gasteiger partial charge is 0.306 e. The lowest BCUT2D eigenvalue weighted by Gasteiger charge is -2.21. The molecule has 0 N–H and O–H groups in total. The molecular weight excluding hydrogens is 622 g/mol. The predicted molar refractivity (Wildman–Crippen MR) is 179 cm³/mol. The van der Waals surface area contributed by atoms with Crippen molar-refractivity contribution < 1.29 is 26.6 Å². The molecule has 0 aromatic heterocycles. The van der Waals surface area contributed by atoms with Crippen LogP contribution in [0.2, 0.25) is 0 Å². The fourth-order valence-corrected chi connectivity index (χ4v) is 10.2. The molecule has 0 fully saturated rings. The number of hydrogen-bond acceptors (Lipinski definition) is 6. The molecule has 0 saturated carbocycles. The van der Waals surface area contributed by atoms with Gasteiger partial charge >= 0.3 is 14.7 Å². The summed E-state index contributed by atoms with van der Waals surface area (Å²) in [4.78, 5) is 0.0778. The van der Waals surface area contributed by atoms with Gasteiger partial charge in [0.05, 0.1) is 31.0 Å². The van der Waals surface area contributed by atoms with E-state index < -0.39 is 24.6 Å². The lowest BCUT2D eigenvalue weighted by molar-refractivity contribution is 0.501. The molecule has 0 unspecified atom stereocenters. The molecule has 45 heavy (non-hydrogen) atoms. The molecule has 0 spiro atoms. The summed E-state index contributed by atoms with van der Waals surface area (Å²) in [6, 6.07) is 47.4. The van der Waals surface area contributed by atoms with E-state index in [0.717, 1.165) is 0 Å². The first-order valence-corrected chi connectivity index (χ1v) is 18.8. The standard InChI is InChI=1S/C36H28O6P2S/c37-43(31-13-5-1-6-14-31,32-15-7-2-8-16-32)41-29-21-25-35(26-22-29)45(39,40)36-27-23-30(24-28-36)42-44(38,33-17-9-3-10-18-33)34-19-11-4-12-20-34/h1-28H. The third-order valence-electron chi connectivity index (χ3n) is 7.12. The van der Waals surface area contributed by atoms with Crippen molar-refractivity contribution in [2.45, 2.75) is 9.79 Å². The van der Waals surface area contributed by atoms with Crippen LogP contribution in [0.15, 0.2) is 180 Å². The molecule has 0 amide bonds. The molecule has 6 rings (SSSR count). The molecule has 0 bridgehead atoms.